The Labute approximate surface area is 176 Å². The second-order valence-corrected chi connectivity index (χ2v) is 6.80. The van der Waals surface area contributed by atoms with Crippen LogP contribution in [0, 0.1) is 5.82 Å². The maximum absolute atomic E-state index is 13.4. The van der Waals surface area contributed by atoms with E-state index in [1.165, 1.54) is 43.5 Å². The summed E-state index contributed by atoms with van der Waals surface area (Å²) in [5.41, 5.74) is 1.05. The van der Waals surface area contributed by atoms with Gasteiger partial charge in [-0.15, -0.1) is 0 Å². The lowest BCUT2D eigenvalue weighted by Crippen LogP contribution is -2.15. The molecule has 0 aliphatic rings. The Hall–Kier alpha value is -3.09. The molecule has 0 atom stereocenters. The highest BCUT2D eigenvalue weighted by Gasteiger charge is 2.15. The van der Waals surface area contributed by atoms with E-state index >= 15 is 0 Å². The van der Waals surface area contributed by atoms with Crippen molar-refractivity contribution in [1.82, 2.24) is 0 Å². The van der Waals surface area contributed by atoms with Gasteiger partial charge in [-0.05, 0) is 54.6 Å². The monoisotopic (exact) mass is 432 g/mol. The zero-order valence-corrected chi connectivity index (χ0v) is 16.6. The van der Waals surface area contributed by atoms with Crippen molar-refractivity contribution in [3.05, 3.63) is 87.7 Å². The van der Waals surface area contributed by atoms with E-state index < -0.39 is 17.6 Å². The molecule has 0 aliphatic heterocycles. The van der Waals surface area contributed by atoms with Gasteiger partial charge in [0.25, 0.3) is 11.8 Å². The van der Waals surface area contributed by atoms with Crippen LogP contribution in [0.25, 0.3) is 0 Å². The van der Waals surface area contributed by atoms with Crippen LogP contribution in [-0.2, 0) is 0 Å². The molecular weight excluding hydrogens is 418 g/mol. The van der Waals surface area contributed by atoms with Gasteiger partial charge in [0.2, 0.25) is 0 Å². The lowest BCUT2D eigenvalue weighted by Gasteiger charge is -2.13. The molecule has 0 radical (unpaired) electrons. The zero-order valence-electron chi connectivity index (χ0n) is 15.1. The summed E-state index contributed by atoms with van der Waals surface area (Å²) in [6.07, 6.45) is 0. The quantitative estimate of drug-likeness (QED) is 0.547. The molecule has 0 spiro atoms. The number of hydrogen-bond acceptors (Lipinski definition) is 3. The smallest absolute Gasteiger partial charge is 0.257 e. The first-order chi connectivity index (χ1) is 13.9. The van der Waals surface area contributed by atoms with Gasteiger partial charge < -0.3 is 15.4 Å². The molecule has 0 aromatic heterocycles. The van der Waals surface area contributed by atoms with Crippen LogP contribution in [0.2, 0.25) is 10.0 Å². The van der Waals surface area contributed by atoms with Crippen LogP contribution in [-0.4, -0.2) is 18.9 Å². The molecule has 0 unspecified atom stereocenters. The van der Waals surface area contributed by atoms with Crippen LogP contribution in [0.5, 0.6) is 5.75 Å². The SMILES string of the molecule is COc1ccc(NC(=O)c2cc(Cl)ccc2Cl)cc1NC(=O)c1cccc(F)c1. The summed E-state index contributed by atoms with van der Waals surface area (Å²) in [5.74, 6) is -1.15. The van der Waals surface area contributed by atoms with Gasteiger partial charge in [0.05, 0.1) is 23.4 Å². The predicted molar refractivity (Wildman–Crippen MR) is 112 cm³/mol. The molecule has 0 heterocycles. The van der Waals surface area contributed by atoms with E-state index in [9.17, 15) is 14.0 Å². The summed E-state index contributed by atoms with van der Waals surface area (Å²) in [6.45, 7) is 0. The van der Waals surface area contributed by atoms with Gasteiger partial charge in [-0.1, -0.05) is 29.3 Å². The van der Waals surface area contributed by atoms with E-state index in [0.29, 0.717) is 22.1 Å². The van der Waals surface area contributed by atoms with Crippen LogP contribution in [0.1, 0.15) is 20.7 Å². The highest BCUT2D eigenvalue weighted by Crippen LogP contribution is 2.29. The van der Waals surface area contributed by atoms with Crippen molar-refractivity contribution >= 4 is 46.4 Å². The molecule has 8 heteroatoms. The molecule has 2 amide bonds. The number of carbonyl (C=O) groups is 2. The average Bonchev–Trinajstić information content (AvgIpc) is 2.70. The Morgan fingerprint density at radius 2 is 1.72 bits per heavy atom. The number of carbonyl (C=O) groups excluding carboxylic acids is 2. The molecule has 5 nitrogen and oxygen atoms in total. The summed E-state index contributed by atoms with van der Waals surface area (Å²) in [7, 11) is 1.44. The van der Waals surface area contributed by atoms with Crippen molar-refractivity contribution in [1.29, 1.82) is 0 Å². The number of ether oxygens (including phenoxy) is 1. The zero-order chi connectivity index (χ0) is 21.0. The van der Waals surface area contributed by atoms with Crippen molar-refractivity contribution in [3.63, 3.8) is 0 Å². The maximum atomic E-state index is 13.4. The third kappa shape index (κ3) is 5.04. The van der Waals surface area contributed by atoms with Crippen molar-refractivity contribution in [2.24, 2.45) is 0 Å². The Kier molecular flexibility index (Phi) is 6.36. The molecule has 0 aliphatic carbocycles. The van der Waals surface area contributed by atoms with Gasteiger partial charge in [-0.2, -0.15) is 0 Å². The van der Waals surface area contributed by atoms with Gasteiger partial charge in [-0.25, -0.2) is 4.39 Å². The lowest BCUT2D eigenvalue weighted by atomic mass is 10.1. The summed E-state index contributed by atoms with van der Waals surface area (Å²) in [6, 6.07) is 14.5. The Balaban J connectivity index is 1.84. The van der Waals surface area contributed by atoms with Crippen molar-refractivity contribution in [2.45, 2.75) is 0 Å². The Morgan fingerprint density at radius 1 is 0.931 bits per heavy atom. The third-order valence-corrected chi connectivity index (χ3v) is 4.53. The number of halogens is 3. The average molecular weight is 433 g/mol. The number of hydrogen-bond donors (Lipinski definition) is 2. The maximum Gasteiger partial charge on any atom is 0.257 e. The van der Waals surface area contributed by atoms with E-state index in [4.69, 9.17) is 27.9 Å². The van der Waals surface area contributed by atoms with E-state index in [1.54, 1.807) is 18.2 Å². The first kappa shape index (κ1) is 20.6. The summed E-state index contributed by atoms with van der Waals surface area (Å²) < 4.78 is 18.6. The highest BCUT2D eigenvalue weighted by atomic mass is 35.5. The van der Waals surface area contributed by atoms with Crippen LogP contribution >= 0.6 is 23.2 Å². The number of amides is 2. The van der Waals surface area contributed by atoms with Gasteiger partial charge in [0.1, 0.15) is 11.6 Å². The molecule has 0 saturated carbocycles. The molecule has 3 aromatic carbocycles. The van der Waals surface area contributed by atoms with Gasteiger partial charge in [0, 0.05) is 16.3 Å². The van der Waals surface area contributed by atoms with E-state index in [0.717, 1.165) is 6.07 Å². The topological polar surface area (TPSA) is 67.4 Å². The number of benzene rings is 3. The fourth-order valence-corrected chi connectivity index (χ4v) is 2.95. The Bertz CT molecular complexity index is 1090. The van der Waals surface area contributed by atoms with Gasteiger partial charge in [-0.3, -0.25) is 9.59 Å². The number of methoxy groups -OCH3 is 1. The van der Waals surface area contributed by atoms with Crippen molar-refractivity contribution < 1.29 is 18.7 Å². The molecule has 148 valence electrons. The third-order valence-electron chi connectivity index (χ3n) is 3.97. The van der Waals surface area contributed by atoms with Crippen LogP contribution in [0.15, 0.2) is 60.7 Å². The second kappa shape index (κ2) is 8.94. The van der Waals surface area contributed by atoms with Crippen LogP contribution in [0.3, 0.4) is 0 Å². The second-order valence-electron chi connectivity index (χ2n) is 5.96. The van der Waals surface area contributed by atoms with Gasteiger partial charge >= 0.3 is 0 Å². The minimum atomic E-state index is -0.524. The predicted octanol–water partition coefficient (Wildman–Crippen LogP) is 5.65. The first-order valence-electron chi connectivity index (χ1n) is 8.39. The van der Waals surface area contributed by atoms with Crippen LogP contribution < -0.4 is 15.4 Å². The summed E-state index contributed by atoms with van der Waals surface area (Å²) in [4.78, 5) is 24.9. The van der Waals surface area contributed by atoms with Crippen molar-refractivity contribution in [2.75, 3.05) is 17.7 Å². The summed E-state index contributed by atoms with van der Waals surface area (Å²) in [5, 5.41) is 5.96. The standard InChI is InChI=1S/C21H15Cl2FN2O3/c1-29-19-8-6-15(25-21(28)16-10-13(22)5-7-17(16)23)11-18(19)26-20(27)12-3-2-4-14(24)9-12/h2-11H,1H3,(H,25,28)(H,26,27). The molecule has 0 saturated heterocycles. The lowest BCUT2D eigenvalue weighted by molar-refractivity contribution is 0.101. The Morgan fingerprint density at radius 3 is 2.45 bits per heavy atom. The minimum absolute atomic E-state index is 0.146. The molecule has 0 fully saturated rings. The fraction of sp³-hybridized carbons (Fsp3) is 0.0476. The number of rotatable bonds is 5. The fourth-order valence-electron chi connectivity index (χ4n) is 2.58. The van der Waals surface area contributed by atoms with Gasteiger partial charge in [0.15, 0.2) is 0 Å². The van der Waals surface area contributed by atoms with E-state index in [1.807, 2.05) is 0 Å². The molecule has 3 aromatic rings. The largest absolute Gasteiger partial charge is 0.495 e. The molecule has 3 rings (SSSR count). The van der Waals surface area contributed by atoms with E-state index in [-0.39, 0.29) is 16.1 Å². The molecule has 0 bridgehead atoms. The molecule has 2 N–H and O–H groups in total. The molecular formula is C21H15Cl2FN2O3. The highest BCUT2D eigenvalue weighted by molar-refractivity contribution is 6.36. The van der Waals surface area contributed by atoms with E-state index in [2.05, 4.69) is 10.6 Å². The number of nitrogens with one attached hydrogen (secondary N) is 2. The normalized spacial score (nSPS) is 10.3. The first-order valence-corrected chi connectivity index (χ1v) is 9.14. The van der Waals surface area contributed by atoms with Crippen molar-refractivity contribution in [3.8, 4) is 5.75 Å². The molecule has 29 heavy (non-hydrogen) atoms. The minimum Gasteiger partial charge on any atom is -0.495 e. The number of anilines is 2. The van der Waals surface area contributed by atoms with Crippen LogP contribution in [0.4, 0.5) is 15.8 Å². The summed E-state index contributed by atoms with van der Waals surface area (Å²) >= 11 is 12.0.